The van der Waals surface area contributed by atoms with Gasteiger partial charge in [0.15, 0.2) is 5.16 Å². The van der Waals surface area contributed by atoms with Crippen LogP contribution in [0.4, 0.5) is 11.4 Å². The summed E-state index contributed by atoms with van der Waals surface area (Å²) in [6.07, 6.45) is 0. The average Bonchev–Trinajstić information content (AvgIpc) is 2.81. The molecule has 8 heteroatoms. The van der Waals surface area contributed by atoms with Crippen molar-refractivity contribution in [2.24, 2.45) is 0 Å². The number of thioether (sulfide) groups is 1. The van der Waals surface area contributed by atoms with Gasteiger partial charge >= 0.3 is 0 Å². The highest BCUT2D eigenvalue weighted by Crippen LogP contribution is 2.25. The van der Waals surface area contributed by atoms with E-state index in [2.05, 4.69) is 10.6 Å². The highest BCUT2D eigenvalue weighted by molar-refractivity contribution is 7.99. The smallest absolute Gasteiger partial charge is 0.266 e. The molecule has 4 aromatic rings. The maximum Gasteiger partial charge on any atom is 0.266 e. The summed E-state index contributed by atoms with van der Waals surface area (Å²) in [5, 5.41) is 6.50. The molecule has 7 nitrogen and oxygen atoms in total. The van der Waals surface area contributed by atoms with Crippen LogP contribution in [0.5, 0.6) is 0 Å². The van der Waals surface area contributed by atoms with E-state index in [4.69, 9.17) is 4.98 Å². The van der Waals surface area contributed by atoms with Gasteiger partial charge in [0.2, 0.25) is 11.8 Å². The van der Waals surface area contributed by atoms with E-state index in [0.717, 1.165) is 16.8 Å². The van der Waals surface area contributed by atoms with Gasteiger partial charge in [0.25, 0.3) is 5.56 Å². The van der Waals surface area contributed by atoms with Crippen LogP contribution in [-0.2, 0) is 9.59 Å². The summed E-state index contributed by atoms with van der Waals surface area (Å²) in [5.74, 6) is -0.318. The van der Waals surface area contributed by atoms with Crippen LogP contribution in [0, 0.1) is 13.8 Å². The van der Waals surface area contributed by atoms with Gasteiger partial charge in [0, 0.05) is 18.3 Å². The zero-order valence-corrected chi connectivity index (χ0v) is 19.9. The maximum absolute atomic E-state index is 13.4. The molecule has 172 valence electrons. The first-order valence-corrected chi connectivity index (χ1v) is 11.7. The van der Waals surface area contributed by atoms with Crippen molar-refractivity contribution >= 4 is 45.9 Å². The lowest BCUT2D eigenvalue weighted by Crippen LogP contribution is -2.23. The van der Waals surface area contributed by atoms with E-state index in [1.807, 2.05) is 44.2 Å². The summed E-state index contributed by atoms with van der Waals surface area (Å²) < 4.78 is 1.59. The maximum atomic E-state index is 13.4. The van der Waals surface area contributed by atoms with Gasteiger partial charge in [-0.25, -0.2) is 4.98 Å². The predicted octanol–water partition coefficient (Wildman–Crippen LogP) is 4.69. The van der Waals surface area contributed by atoms with Crippen molar-refractivity contribution in [2.45, 2.75) is 25.9 Å². The lowest BCUT2D eigenvalue weighted by Gasteiger charge is -2.16. The van der Waals surface area contributed by atoms with Gasteiger partial charge in [-0.3, -0.25) is 19.0 Å². The second kappa shape index (κ2) is 9.93. The number of rotatable bonds is 6. The molecule has 34 heavy (non-hydrogen) atoms. The molecule has 3 aromatic carbocycles. The third-order valence-electron chi connectivity index (χ3n) is 5.38. The van der Waals surface area contributed by atoms with E-state index >= 15 is 0 Å². The Kier molecular flexibility index (Phi) is 6.79. The van der Waals surface area contributed by atoms with Crippen molar-refractivity contribution in [1.29, 1.82) is 0 Å². The molecule has 0 saturated heterocycles. The number of carbonyl (C=O) groups excluding carboxylic acids is 2. The number of para-hydroxylation sites is 1. The molecule has 1 heterocycles. The first-order valence-electron chi connectivity index (χ1n) is 10.7. The van der Waals surface area contributed by atoms with Crippen LogP contribution < -0.4 is 16.2 Å². The number of anilines is 2. The zero-order chi connectivity index (χ0) is 24.2. The van der Waals surface area contributed by atoms with Crippen molar-refractivity contribution in [1.82, 2.24) is 9.55 Å². The van der Waals surface area contributed by atoms with Gasteiger partial charge in [0.1, 0.15) is 0 Å². The van der Waals surface area contributed by atoms with Crippen LogP contribution >= 0.6 is 11.8 Å². The molecule has 0 atom stereocenters. The Morgan fingerprint density at radius 1 is 0.912 bits per heavy atom. The minimum atomic E-state index is -0.229. The van der Waals surface area contributed by atoms with Crippen LogP contribution in [0.1, 0.15) is 18.1 Å². The summed E-state index contributed by atoms with van der Waals surface area (Å²) in [7, 11) is 0. The highest BCUT2D eigenvalue weighted by atomic mass is 32.2. The molecular formula is C26H24N4O3S. The fraction of sp³-hybridized carbons (Fsp3) is 0.154. The third kappa shape index (κ3) is 5.02. The van der Waals surface area contributed by atoms with Gasteiger partial charge in [0.05, 0.1) is 22.3 Å². The summed E-state index contributed by atoms with van der Waals surface area (Å²) >= 11 is 1.21. The lowest BCUT2D eigenvalue weighted by atomic mass is 10.1. The van der Waals surface area contributed by atoms with Crippen molar-refractivity contribution in [3.63, 3.8) is 0 Å². The predicted molar refractivity (Wildman–Crippen MR) is 137 cm³/mol. The van der Waals surface area contributed by atoms with E-state index in [1.54, 1.807) is 41.0 Å². The largest absolute Gasteiger partial charge is 0.326 e. The number of hydrogen-bond acceptors (Lipinski definition) is 5. The van der Waals surface area contributed by atoms with E-state index in [9.17, 15) is 14.4 Å². The van der Waals surface area contributed by atoms with Crippen LogP contribution in [0.2, 0.25) is 0 Å². The molecule has 0 spiro atoms. The van der Waals surface area contributed by atoms with Crippen molar-refractivity contribution in [3.05, 3.63) is 88.2 Å². The summed E-state index contributed by atoms with van der Waals surface area (Å²) in [6.45, 7) is 5.40. The number of nitrogens with zero attached hydrogens (tertiary/aromatic N) is 2. The van der Waals surface area contributed by atoms with Crippen LogP contribution in [0.25, 0.3) is 16.6 Å². The van der Waals surface area contributed by atoms with Crippen molar-refractivity contribution < 1.29 is 9.59 Å². The molecule has 0 aliphatic carbocycles. The molecular weight excluding hydrogens is 448 g/mol. The fourth-order valence-corrected chi connectivity index (χ4v) is 4.37. The summed E-state index contributed by atoms with van der Waals surface area (Å²) in [6, 6.07) is 19.9. The third-order valence-corrected chi connectivity index (χ3v) is 6.32. The number of fused-ring (bicyclic) bond motifs is 1. The minimum absolute atomic E-state index is 0.0725. The molecule has 0 aliphatic heterocycles. The monoisotopic (exact) mass is 472 g/mol. The number of amides is 2. The molecule has 0 bridgehead atoms. The minimum Gasteiger partial charge on any atom is -0.326 e. The number of nitrogens with one attached hydrogen (secondary N) is 2. The van der Waals surface area contributed by atoms with Gasteiger partial charge in [-0.1, -0.05) is 36.0 Å². The highest BCUT2D eigenvalue weighted by Gasteiger charge is 2.16. The van der Waals surface area contributed by atoms with Gasteiger partial charge in [-0.2, -0.15) is 0 Å². The van der Waals surface area contributed by atoms with Crippen molar-refractivity contribution in [3.8, 4) is 5.69 Å². The van der Waals surface area contributed by atoms with E-state index in [1.165, 1.54) is 18.7 Å². The SMILES string of the molecule is CC(=O)Nc1ccc(NC(=O)CSc2nc3ccccc3c(=O)n2-c2cccc(C)c2C)cc1. The topological polar surface area (TPSA) is 93.1 Å². The number of benzene rings is 3. The van der Waals surface area contributed by atoms with Crippen LogP contribution in [0.15, 0.2) is 76.7 Å². The normalized spacial score (nSPS) is 10.8. The molecule has 0 saturated carbocycles. The zero-order valence-electron chi connectivity index (χ0n) is 19.1. The number of hydrogen-bond donors (Lipinski definition) is 2. The molecule has 0 radical (unpaired) electrons. The second-order valence-corrected chi connectivity index (χ2v) is 8.81. The summed E-state index contributed by atoms with van der Waals surface area (Å²) in [4.78, 5) is 41.9. The molecule has 2 amide bonds. The Morgan fingerprint density at radius 2 is 1.59 bits per heavy atom. The number of carbonyl (C=O) groups is 2. The van der Waals surface area contributed by atoms with Gasteiger partial charge < -0.3 is 10.6 Å². The Bertz CT molecular complexity index is 1450. The Labute approximate surface area is 201 Å². The van der Waals surface area contributed by atoms with Crippen LogP contribution in [0.3, 0.4) is 0 Å². The first-order chi connectivity index (χ1) is 16.3. The number of aryl methyl sites for hydroxylation is 1. The molecule has 0 fully saturated rings. The average molecular weight is 473 g/mol. The van der Waals surface area contributed by atoms with Gasteiger partial charge in [-0.15, -0.1) is 0 Å². The molecule has 0 unspecified atom stereocenters. The standard InChI is InChI=1S/C26H24N4O3S/c1-16-7-6-10-23(17(16)2)30-25(33)21-8-4-5-9-22(21)29-26(30)34-15-24(32)28-20-13-11-19(12-14-20)27-18(3)31/h4-14H,15H2,1-3H3,(H,27,31)(H,28,32). The lowest BCUT2D eigenvalue weighted by molar-refractivity contribution is -0.114. The van der Waals surface area contributed by atoms with E-state index in [0.29, 0.717) is 27.4 Å². The molecule has 1 aromatic heterocycles. The second-order valence-electron chi connectivity index (χ2n) is 7.87. The fourth-order valence-electron chi connectivity index (χ4n) is 3.57. The first kappa shape index (κ1) is 23.3. The molecule has 0 aliphatic rings. The molecule has 4 rings (SSSR count). The van der Waals surface area contributed by atoms with E-state index in [-0.39, 0.29) is 23.1 Å². The Hall–Kier alpha value is -3.91. The van der Waals surface area contributed by atoms with E-state index < -0.39 is 0 Å². The Morgan fingerprint density at radius 3 is 2.29 bits per heavy atom. The number of aromatic nitrogens is 2. The summed E-state index contributed by atoms with van der Waals surface area (Å²) in [5.41, 5.74) is 4.47. The van der Waals surface area contributed by atoms with Crippen molar-refractivity contribution in [2.75, 3.05) is 16.4 Å². The van der Waals surface area contributed by atoms with Gasteiger partial charge in [-0.05, 0) is 67.4 Å². The molecule has 2 N–H and O–H groups in total. The quantitative estimate of drug-likeness (QED) is 0.314. The Balaban J connectivity index is 1.61. The van der Waals surface area contributed by atoms with Crippen LogP contribution in [-0.4, -0.2) is 27.1 Å².